The maximum absolute atomic E-state index is 13.2. The second kappa shape index (κ2) is 8.99. The minimum absolute atomic E-state index is 0.0158. The Hall–Kier alpha value is -2.98. The van der Waals surface area contributed by atoms with Crippen molar-refractivity contribution in [1.29, 1.82) is 0 Å². The van der Waals surface area contributed by atoms with Crippen molar-refractivity contribution < 1.29 is 22.7 Å². The number of benzene rings is 1. The van der Waals surface area contributed by atoms with E-state index in [0.717, 1.165) is 43.2 Å². The highest BCUT2D eigenvalue weighted by atomic mass is 35.5. The van der Waals surface area contributed by atoms with E-state index in [9.17, 15) is 18.0 Å². The summed E-state index contributed by atoms with van der Waals surface area (Å²) in [7, 11) is 0. The summed E-state index contributed by atoms with van der Waals surface area (Å²) >= 11 is 5.96. The number of halogens is 4. The molecule has 1 atom stereocenters. The molecule has 2 aromatic heterocycles. The third kappa shape index (κ3) is 4.27. The largest absolute Gasteiger partial charge is 0.417 e. The predicted octanol–water partition coefficient (Wildman–Crippen LogP) is 4.98. The van der Waals surface area contributed by atoms with Gasteiger partial charge in [0.15, 0.2) is 0 Å². The third-order valence-electron chi connectivity index (χ3n) is 6.20. The van der Waals surface area contributed by atoms with E-state index in [1.807, 2.05) is 6.07 Å². The molecule has 2 aliphatic heterocycles. The Morgan fingerprint density at radius 1 is 1.24 bits per heavy atom. The standard InChI is InChI=1S/C23H21ClF3N5O2/c24-20-14(4-3-5-15(20)23(25,26)27)22(33)32-8-7-13-18(11-32)28-12-29-21(13)17-10-16(30-31-17)19-6-1-2-9-34-19/h3-5,10,12,19H,1-2,6-9,11H2,(H,30,31). The summed E-state index contributed by atoms with van der Waals surface area (Å²) < 4.78 is 45.5. The van der Waals surface area contributed by atoms with Crippen LogP contribution in [0.1, 0.15) is 58.2 Å². The number of rotatable bonds is 3. The number of alkyl halides is 3. The van der Waals surface area contributed by atoms with Gasteiger partial charge in [-0.2, -0.15) is 18.3 Å². The van der Waals surface area contributed by atoms with Crippen molar-refractivity contribution in [2.24, 2.45) is 0 Å². The van der Waals surface area contributed by atoms with Gasteiger partial charge in [0.1, 0.15) is 12.0 Å². The van der Waals surface area contributed by atoms with Gasteiger partial charge in [-0.3, -0.25) is 9.89 Å². The molecule has 1 amide bonds. The molecule has 34 heavy (non-hydrogen) atoms. The summed E-state index contributed by atoms with van der Waals surface area (Å²) in [6.45, 7) is 1.16. The van der Waals surface area contributed by atoms with Crippen LogP contribution in [-0.4, -0.2) is 44.1 Å². The first-order valence-electron chi connectivity index (χ1n) is 11.0. The number of nitrogens with zero attached hydrogens (tertiary/aromatic N) is 4. The van der Waals surface area contributed by atoms with Crippen molar-refractivity contribution in [2.45, 2.75) is 44.5 Å². The van der Waals surface area contributed by atoms with Gasteiger partial charge >= 0.3 is 6.18 Å². The molecule has 2 aliphatic rings. The van der Waals surface area contributed by atoms with Gasteiger partial charge in [0.25, 0.3) is 5.91 Å². The van der Waals surface area contributed by atoms with Crippen LogP contribution in [0.4, 0.5) is 13.2 Å². The Morgan fingerprint density at radius 2 is 2.09 bits per heavy atom. The van der Waals surface area contributed by atoms with Crippen molar-refractivity contribution in [3.05, 3.63) is 63.7 Å². The summed E-state index contributed by atoms with van der Waals surface area (Å²) in [6.07, 6.45) is 0.270. The van der Waals surface area contributed by atoms with E-state index in [1.165, 1.54) is 23.4 Å². The van der Waals surface area contributed by atoms with Crippen molar-refractivity contribution >= 4 is 17.5 Å². The molecular formula is C23H21ClF3N5O2. The Morgan fingerprint density at radius 3 is 2.85 bits per heavy atom. The zero-order valence-corrected chi connectivity index (χ0v) is 18.8. The van der Waals surface area contributed by atoms with Gasteiger partial charge in [0.05, 0.1) is 45.9 Å². The van der Waals surface area contributed by atoms with Crippen LogP contribution in [0.25, 0.3) is 11.4 Å². The van der Waals surface area contributed by atoms with Crippen LogP contribution in [0.2, 0.25) is 5.02 Å². The van der Waals surface area contributed by atoms with Crippen molar-refractivity contribution in [3.63, 3.8) is 0 Å². The molecule has 178 valence electrons. The Labute approximate surface area is 198 Å². The molecule has 0 aliphatic carbocycles. The lowest BCUT2D eigenvalue weighted by molar-refractivity contribution is -0.137. The van der Waals surface area contributed by atoms with Crippen LogP contribution in [0.3, 0.4) is 0 Å². The smallest absolute Gasteiger partial charge is 0.372 e. The summed E-state index contributed by atoms with van der Waals surface area (Å²) in [5.41, 5.74) is 2.53. The van der Waals surface area contributed by atoms with Gasteiger partial charge in [-0.1, -0.05) is 17.7 Å². The van der Waals surface area contributed by atoms with E-state index in [1.54, 1.807) is 0 Å². The fraction of sp³-hybridized carbons (Fsp3) is 0.391. The molecule has 7 nitrogen and oxygen atoms in total. The van der Waals surface area contributed by atoms with Crippen molar-refractivity contribution in [2.75, 3.05) is 13.2 Å². The van der Waals surface area contributed by atoms with Crippen LogP contribution < -0.4 is 0 Å². The van der Waals surface area contributed by atoms with Crippen LogP contribution in [0.15, 0.2) is 30.6 Å². The molecule has 1 aromatic carbocycles. The number of aromatic amines is 1. The Balaban J connectivity index is 1.39. The highest BCUT2D eigenvalue weighted by Crippen LogP contribution is 2.37. The van der Waals surface area contributed by atoms with Gasteiger partial charge in [0, 0.05) is 18.7 Å². The third-order valence-corrected chi connectivity index (χ3v) is 6.60. The van der Waals surface area contributed by atoms with Crippen LogP contribution in [0.5, 0.6) is 0 Å². The van der Waals surface area contributed by atoms with E-state index in [2.05, 4.69) is 20.2 Å². The van der Waals surface area contributed by atoms with Crippen molar-refractivity contribution in [1.82, 2.24) is 25.1 Å². The topological polar surface area (TPSA) is 84.0 Å². The first-order chi connectivity index (χ1) is 16.3. The second-order valence-electron chi connectivity index (χ2n) is 8.35. The molecule has 11 heteroatoms. The average Bonchev–Trinajstić information content (AvgIpc) is 3.33. The first-order valence-corrected chi connectivity index (χ1v) is 11.4. The van der Waals surface area contributed by atoms with E-state index < -0.39 is 22.7 Å². The number of carbonyl (C=O) groups is 1. The molecule has 1 N–H and O–H groups in total. The number of fused-ring (bicyclic) bond motifs is 1. The quantitative estimate of drug-likeness (QED) is 0.558. The van der Waals surface area contributed by atoms with E-state index in [4.69, 9.17) is 16.3 Å². The van der Waals surface area contributed by atoms with Crippen LogP contribution >= 0.6 is 11.6 Å². The molecule has 0 saturated carbocycles. The SMILES string of the molecule is O=C(c1cccc(C(F)(F)F)c1Cl)N1CCc2c(ncnc2-c2cc(C3CCCCO3)[nH]n2)C1. The molecule has 0 spiro atoms. The summed E-state index contributed by atoms with van der Waals surface area (Å²) in [5.74, 6) is -0.571. The lowest BCUT2D eigenvalue weighted by Crippen LogP contribution is -2.37. The molecule has 0 radical (unpaired) electrons. The van der Waals surface area contributed by atoms with Gasteiger partial charge < -0.3 is 9.64 Å². The minimum Gasteiger partial charge on any atom is -0.372 e. The highest BCUT2D eigenvalue weighted by molar-refractivity contribution is 6.34. The number of aromatic nitrogens is 4. The van der Waals surface area contributed by atoms with Gasteiger partial charge in [0.2, 0.25) is 0 Å². The average molecular weight is 492 g/mol. The van der Waals surface area contributed by atoms with E-state index in [-0.39, 0.29) is 18.2 Å². The van der Waals surface area contributed by atoms with Crippen molar-refractivity contribution in [3.8, 4) is 11.4 Å². The predicted molar refractivity (Wildman–Crippen MR) is 117 cm³/mol. The number of amides is 1. The van der Waals surface area contributed by atoms with E-state index in [0.29, 0.717) is 30.0 Å². The molecule has 0 bridgehead atoms. The lowest BCUT2D eigenvalue weighted by Gasteiger charge is -2.29. The maximum Gasteiger partial charge on any atom is 0.417 e. The molecule has 1 saturated heterocycles. The van der Waals surface area contributed by atoms with Crippen LogP contribution in [0, 0.1) is 0 Å². The Bertz CT molecular complexity index is 1220. The highest BCUT2D eigenvalue weighted by Gasteiger charge is 2.36. The monoisotopic (exact) mass is 491 g/mol. The summed E-state index contributed by atoms with van der Waals surface area (Å²) in [5, 5.41) is 6.87. The molecule has 3 aromatic rings. The fourth-order valence-corrected chi connectivity index (χ4v) is 4.76. The van der Waals surface area contributed by atoms with Gasteiger partial charge in [-0.15, -0.1) is 0 Å². The molecule has 4 heterocycles. The first kappa shape index (κ1) is 22.8. The second-order valence-corrected chi connectivity index (χ2v) is 8.73. The zero-order chi connectivity index (χ0) is 23.9. The van der Waals surface area contributed by atoms with E-state index >= 15 is 0 Å². The number of H-pyrrole nitrogens is 1. The number of carbonyl (C=O) groups excluding carboxylic acids is 1. The fourth-order valence-electron chi connectivity index (χ4n) is 4.44. The molecule has 5 rings (SSSR count). The van der Waals surface area contributed by atoms with Gasteiger partial charge in [-0.25, -0.2) is 9.97 Å². The molecular weight excluding hydrogens is 471 g/mol. The summed E-state index contributed by atoms with van der Waals surface area (Å²) in [4.78, 5) is 23.2. The minimum atomic E-state index is -4.64. The summed E-state index contributed by atoms with van der Waals surface area (Å²) in [6, 6.07) is 5.28. The zero-order valence-electron chi connectivity index (χ0n) is 18.0. The Kier molecular flexibility index (Phi) is 6.03. The lowest BCUT2D eigenvalue weighted by atomic mass is 9.99. The molecule has 1 fully saturated rings. The normalized spacial score (nSPS) is 18.6. The van der Waals surface area contributed by atoms with Gasteiger partial charge in [-0.05, 0) is 43.9 Å². The maximum atomic E-state index is 13.2. The van der Waals surface area contributed by atoms with Crippen LogP contribution in [-0.2, 0) is 23.9 Å². The number of ether oxygens (including phenoxy) is 1. The molecule has 1 unspecified atom stereocenters. The number of nitrogens with one attached hydrogen (secondary N) is 1. The number of hydrogen-bond acceptors (Lipinski definition) is 5. The number of hydrogen-bond donors (Lipinski definition) is 1.